The van der Waals surface area contributed by atoms with Gasteiger partial charge in [0.1, 0.15) is 9.84 Å². The zero-order valence-corrected chi connectivity index (χ0v) is 12.3. The molecule has 0 aromatic heterocycles. The van der Waals surface area contributed by atoms with E-state index in [0.717, 1.165) is 6.26 Å². The summed E-state index contributed by atoms with van der Waals surface area (Å²) in [4.78, 5) is 11.8. The fourth-order valence-electron chi connectivity index (χ4n) is 1.38. The van der Waals surface area contributed by atoms with Crippen LogP contribution in [0.25, 0.3) is 0 Å². The summed E-state index contributed by atoms with van der Waals surface area (Å²) in [7, 11) is -3.16. The lowest BCUT2D eigenvalue weighted by Crippen LogP contribution is -2.37. The number of amides is 1. The standard InChI is InChI=1S/C12H14ClN3O3S/c1-20(18,19)5-4-10(15)12(17)16-11-3-2-8(7-14)6-9(11)13/h2-3,6,10H,4-5,15H2,1H3,(H,16,17). The highest BCUT2D eigenvalue weighted by Gasteiger charge is 2.17. The second kappa shape index (κ2) is 6.70. The smallest absolute Gasteiger partial charge is 0.241 e. The number of sulfone groups is 1. The lowest BCUT2D eigenvalue weighted by molar-refractivity contribution is -0.117. The molecule has 1 rings (SSSR count). The van der Waals surface area contributed by atoms with Crippen molar-refractivity contribution in [2.75, 3.05) is 17.3 Å². The van der Waals surface area contributed by atoms with Gasteiger partial charge >= 0.3 is 0 Å². The summed E-state index contributed by atoms with van der Waals surface area (Å²) in [5.41, 5.74) is 6.30. The molecule has 6 nitrogen and oxygen atoms in total. The number of anilines is 1. The average molecular weight is 316 g/mol. The number of halogens is 1. The number of nitriles is 1. The zero-order valence-electron chi connectivity index (χ0n) is 10.8. The molecule has 1 unspecified atom stereocenters. The molecule has 0 aliphatic carbocycles. The molecular formula is C12H14ClN3O3S. The lowest BCUT2D eigenvalue weighted by Gasteiger charge is -2.12. The molecule has 0 aliphatic heterocycles. The predicted octanol–water partition coefficient (Wildman–Crippen LogP) is 0.912. The highest BCUT2D eigenvalue weighted by Crippen LogP contribution is 2.22. The van der Waals surface area contributed by atoms with Crippen LogP contribution in [0.4, 0.5) is 5.69 Å². The first-order valence-corrected chi connectivity index (χ1v) is 8.10. The second-order valence-electron chi connectivity index (χ2n) is 4.32. The van der Waals surface area contributed by atoms with Crippen LogP contribution in [0.2, 0.25) is 5.02 Å². The molecular weight excluding hydrogens is 302 g/mol. The molecule has 1 aromatic rings. The Labute approximate surface area is 122 Å². The van der Waals surface area contributed by atoms with Crippen molar-refractivity contribution in [2.45, 2.75) is 12.5 Å². The van der Waals surface area contributed by atoms with Crippen molar-refractivity contribution in [2.24, 2.45) is 5.73 Å². The summed E-state index contributed by atoms with van der Waals surface area (Å²) in [6.45, 7) is 0. The quantitative estimate of drug-likeness (QED) is 0.838. The number of carbonyl (C=O) groups excluding carboxylic acids is 1. The Morgan fingerprint density at radius 1 is 1.55 bits per heavy atom. The van der Waals surface area contributed by atoms with Crippen molar-refractivity contribution in [3.05, 3.63) is 28.8 Å². The van der Waals surface area contributed by atoms with Crippen LogP contribution in [-0.4, -0.2) is 32.4 Å². The van der Waals surface area contributed by atoms with E-state index < -0.39 is 21.8 Å². The Bertz CT molecular complexity index is 652. The molecule has 20 heavy (non-hydrogen) atoms. The third-order valence-corrected chi connectivity index (χ3v) is 3.78. The van der Waals surface area contributed by atoms with Crippen molar-refractivity contribution in [1.29, 1.82) is 5.26 Å². The molecule has 0 saturated heterocycles. The molecule has 3 N–H and O–H groups in total. The van der Waals surface area contributed by atoms with Gasteiger partial charge in [-0.15, -0.1) is 0 Å². The van der Waals surface area contributed by atoms with Crippen molar-refractivity contribution in [3.8, 4) is 6.07 Å². The van der Waals surface area contributed by atoms with Crippen LogP contribution in [0.3, 0.4) is 0 Å². The van der Waals surface area contributed by atoms with E-state index in [9.17, 15) is 13.2 Å². The van der Waals surface area contributed by atoms with Crippen molar-refractivity contribution in [3.63, 3.8) is 0 Å². The number of nitrogens with one attached hydrogen (secondary N) is 1. The Hall–Kier alpha value is -1.62. The summed E-state index contributed by atoms with van der Waals surface area (Å²) in [5, 5.41) is 11.4. The van der Waals surface area contributed by atoms with Gasteiger partial charge in [-0.05, 0) is 24.6 Å². The highest BCUT2D eigenvalue weighted by molar-refractivity contribution is 7.90. The molecule has 0 heterocycles. The van der Waals surface area contributed by atoms with Crippen LogP contribution in [0, 0.1) is 11.3 Å². The van der Waals surface area contributed by atoms with Crippen LogP contribution in [0.15, 0.2) is 18.2 Å². The fourth-order valence-corrected chi connectivity index (χ4v) is 2.29. The van der Waals surface area contributed by atoms with Crippen molar-refractivity contribution >= 4 is 33.0 Å². The summed E-state index contributed by atoms with van der Waals surface area (Å²) >= 11 is 5.90. The number of hydrogen-bond donors (Lipinski definition) is 2. The van der Waals surface area contributed by atoms with E-state index >= 15 is 0 Å². The minimum atomic E-state index is -3.16. The van der Waals surface area contributed by atoms with Crippen LogP contribution in [0.5, 0.6) is 0 Å². The minimum absolute atomic E-state index is 0.0264. The van der Waals surface area contributed by atoms with Gasteiger partial charge in [-0.2, -0.15) is 5.26 Å². The molecule has 1 amide bonds. The SMILES string of the molecule is CS(=O)(=O)CCC(N)C(=O)Nc1ccc(C#N)cc1Cl. The topological polar surface area (TPSA) is 113 Å². The van der Waals surface area contributed by atoms with Gasteiger partial charge in [-0.1, -0.05) is 11.6 Å². The van der Waals surface area contributed by atoms with Crippen LogP contribution in [-0.2, 0) is 14.6 Å². The molecule has 0 spiro atoms. The number of benzene rings is 1. The highest BCUT2D eigenvalue weighted by atomic mass is 35.5. The first-order valence-electron chi connectivity index (χ1n) is 5.67. The predicted molar refractivity (Wildman–Crippen MR) is 77.1 cm³/mol. The van der Waals surface area contributed by atoms with Gasteiger partial charge in [0.2, 0.25) is 5.91 Å². The van der Waals surface area contributed by atoms with E-state index in [4.69, 9.17) is 22.6 Å². The molecule has 0 aliphatic rings. The number of carbonyl (C=O) groups is 1. The van der Waals surface area contributed by atoms with Crippen molar-refractivity contribution in [1.82, 2.24) is 0 Å². The molecule has 0 bridgehead atoms. The van der Waals surface area contributed by atoms with Gasteiger partial charge in [0.05, 0.1) is 34.1 Å². The lowest BCUT2D eigenvalue weighted by atomic mass is 10.2. The normalized spacial score (nSPS) is 12.5. The fraction of sp³-hybridized carbons (Fsp3) is 0.333. The zero-order chi connectivity index (χ0) is 15.3. The molecule has 0 radical (unpaired) electrons. The van der Waals surface area contributed by atoms with Crippen LogP contribution >= 0.6 is 11.6 Å². The van der Waals surface area contributed by atoms with Gasteiger partial charge in [0.25, 0.3) is 0 Å². The maximum Gasteiger partial charge on any atom is 0.241 e. The molecule has 0 fully saturated rings. The summed E-state index contributed by atoms with van der Waals surface area (Å²) < 4.78 is 22.0. The molecule has 108 valence electrons. The third kappa shape index (κ3) is 5.17. The number of hydrogen-bond acceptors (Lipinski definition) is 5. The number of rotatable bonds is 5. The van der Waals surface area contributed by atoms with E-state index in [1.807, 2.05) is 6.07 Å². The monoisotopic (exact) mass is 315 g/mol. The second-order valence-corrected chi connectivity index (χ2v) is 6.99. The first kappa shape index (κ1) is 16.4. The van der Waals surface area contributed by atoms with E-state index in [1.165, 1.54) is 18.2 Å². The van der Waals surface area contributed by atoms with Gasteiger partial charge < -0.3 is 11.1 Å². The maximum atomic E-state index is 11.8. The Balaban J connectivity index is 2.69. The van der Waals surface area contributed by atoms with Crippen molar-refractivity contribution < 1.29 is 13.2 Å². The van der Waals surface area contributed by atoms with E-state index in [1.54, 1.807) is 0 Å². The Morgan fingerprint density at radius 3 is 2.70 bits per heavy atom. The summed E-state index contributed by atoms with van der Waals surface area (Å²) in [6, 6.07) is 5.38. The van der Waals surface area contributed by atoms with Gasteiger partial charge in [0.15, 0.2) is 0 Å². The Morgan fingerprint density at radius 2 is 2.20 bits per heavy atom. The average Bonchev–Trinajstić information content (AvgIpc) is 2.37. The minimum Gasteiger partial charge on any atom is -0.323 e. The molecule has 0 saturated carbocycles. The van der Waals surface area contributed by atoms with E-state index in [2.05, 4.69) is 5.32 Å². The van der Waals surface area contributed by atoms with Crippen LogP contribution < -0.4 is 11.1 Å². The largest absolute Gasteiger partial charge is 0.323 e. The summed E-state index contributed by atoms with van der Waals surface area (Å²) in [5.74, 6) is -0.692. The van der Waals surface area contributed by atoms with E-state index in [0.29, 0.717) is 11.3 Å². The Kier molecular flexibility index (Phi) is 5.51. The first-order chi connectivity index (χ1) is 9.23. The molecule has 1 atom stereocenters. The molecule has 8 heteroatoms. The van der Waals surface area contributed by atoms with Gasteiger partial charge in [-0.3, -0.25) is 4.79 Å². The van der Waals surface area contributed by atoms with Gasteiger partial charge in [0, 0.05) is 6.26 Å². The maximum absolute atomic E-state index is 11.8. The third-order valence-electron chi connectivity index (χ3n) is 2.49. The molecule has 1 aromatic carbocycles. The van der Waals surface area contributed by atoms with E-state index in [-0.39, 0.29) is 17.2 Å². The van der Waals surface area contributed by atoms with Gasteiger partial charge in [-0.25, -0.2) is 8.42 Å². The van der Waals surface area contributed by atoms with Crippen LogP contribution in [0.1, 0.15) is 12.0 Å². The summed E-state index contributed by atoms with van der Waals surface area (Å²) in [6.07, 6.45) is 1.10. The number of nitrogens with zero attached hydrogens (tertiary/aromatic N) is 1. The number of nitrogens with two attached hydrogens (primary N) is 1.